The van der Waals surface area contributed by atoms with Crippen LogP contribution in [-0.4, -0.2) is 38.6 Å². The maximum absolute atomic E-state index is 11.5. The summed E-state index contributed by atoms with van der Waals surface area (Å²) in [5.74, 6) is -2.17. The summed E-state index contributed by atoms with van der Waals surface area (Å²) in [5, 5.41) is 20.8. The summed E-state index contributed by atoms with van der Waals surface area (Å²) in [7, 11) is 0. The molecule has 7 heteroatoms. The van der Waals surface area contributed by atoms with Crippen molar-refractivity contribution in [3.05, 3.63) is 24.2 Å². The number of aromatic hydroxyl groups is 1. The van der Waals surface area contributed by atoms with Gasteiger partial charge in [-0.2, -0.15) is 0 Å². The minimum Gasteiger partial charge on any atom is -0.505 e. The SMILES string of the molecule is O=C(O)CNC(=O)c1ncc2[nH]ccc2c1O. The Morgan fingerprint density at radius 2 is 2.24 bits per heavy atom. The number of carbonyl (C=O) groups is 2. The lowest BCUT2D eigenvalue weighted by Crippen LogP contribution is -2.29. The van der Waals surface area contributed by atoms with Gasteiger partial charge in [0.15, 0.2) is 11.4 Å². The average molecular weight is 235 g/mol. The number of amides is 1. The molecule has 0 radical (unpaired) electrons. The van der Waals surface area contributed by atoms with Crippen LogP contribution < -0.4 is 5.32 Å². The second kappa shape index (κ2) is 4.12. The van der Waals surface area contributed by atoms with Gasteiger partial charge in [-0.1, -0.05) is 0 Å². The van der Waals surface area contributed by atoms with Crippen LogP contribution in [0.5, 0.6) is 5.75 Å². The van der Waals surface area contributed by atoms with Crippen LogP contribution in [-0.2, 0) is 4.79 Å². The smallest absolute Gasteiger partial charge is 0.322 e. The van der Waals surface area contributed by atoms with Crippen LogP contribution >= 0.6 is 0 Å². The van der Waals surface area contributed by atoms with Gasteiger partial charge in [0, 0.05) is 11.6 Å². The van der Waals surface area contributed by atoms with E-state index in [0.717, 1.165) is 0 Å². The first kappa shape index (κ1) is 10.9. The van der Waals surface area contributed by atoms with Gasteiger partial charge in [-0.15, -0.1) is 0 Å². The fourth-order valence-electron chi connectivity index (χ4n) is 1.42. The molecule has 7 nitrogen and oxygen atoms in total. The second-order valence-electron chi connectivity index (χ2n) is 3.34. The summed E-state index contributed by atoms with van der Waals surface area (Å²) < 4.78 is 0. The number of aromatic nitrogens is 2. The molecule has 0 atom stereocenters. The van der Waals surface area contributed by atoms with E-state index in [0.29, 0.717) is 10.9 Å². The lowest BCUT2D eigenvalue weighted by atomic mass is 10.2. The first-order chi connectivity index (χ1) is 8.09. The van der Waals surface area contributed by atoms with Gasteiger partial charge in [0.2, 0.25) is 0 Å². The van der Waals surface area contributed by atoms with Crippen LogP contribution in [0.1, 0.15) is 10.5 Å². The van der Waals surface area contributed by atoms with Gasteiger partial charge >= 0.3 is 5.97 Å². The molecule has 2 aromatic rings. The largest absolute Gasteiger partial charge is 0.505 e. The Morgan fingerprint density at radius 1 is 1.47 bits per heavy atom. The van der Waals surface area contributed by atoms with Crippen LogP contribution in [0.3, 0.4) is 0 Å². The topological polar surface area (TPSA) is 115 Å². The number of nitrogens with zero attached hydrogens (tertiary/aromatic N) is 1. The number of pyridine rings is 1. The molecule has 17 heavy (non-hydrogen) atoms. The van der Waals surface area contributed by atoms with E-state index >= 15 is 0 Å². The number of carboxylic acids is 1. The maximum Gasteiger partial charge on any atom is 0.322 e. The highest BCUT2D eigenvalue weighted by molar-refractivity contribution is 6.01. The monoisotopic (exact) mass is 235 g/mol. The predicted molar refractivity (Wildman–Crippen MR) is 57.7 cm³/mol. The molecule has 0 aliphatic rings. The minimum atomic E-state index is -1.17. The Labute approximate surface area is 95.1 Å². The first-order valence-corrected chi connectivity index (χ1v) is 4.74. The number of aromatic amines is 1. The van der Waals surface area contributed by atoms with Gasteiger partial charge in [-0.05, 0) is 6.07 Å². The Hall–Kier alpha value is -2.57. The third-order valence-corrected chi connectivity index (χ3v) is 2.20. The summed E-state index contributed by atoms with van der Waals surface area (Å²) in [6, 6.07) is 1.60. The number of carbonyl (C=O) groups excluding carboxylic acids is 1. The van der Waals surface area contributed by atoms with Crippen molar-refractivity contribution in [3.63, 3.8) is 0 Å². The van der Waals surface area contributed by atoms with E-state index in [2.05, 4.69) is 15.3 Å². The van der Waals surface area contributed by atoms with Gasteiger partial charge < -0.3 is 20.5 Å². The third kappa shape index (κ3) is 2.03. The lowest BCUT2D eigenvalue weighted by molar-refractivity contribution is -0.135. The molecule has 0 unspecified atom stereocenters. The first-order valence-electron chi connectivity index (χ1n) is 4.74. The highest BCUT2D eigenvalue weighted by Gasteiger charge is 2.16. The molecule has 0 saturated heterocycles. The van der Waals surface area contributed by atoms with Crippen molar-refractivity contribution in [3.8, 4) is 5.75 Å². The summed E-state index contributed by atoms with van der Waals surface area (Å²) in [5.41, 5.74) is 0.399. The van der Waals surface area contributed by atoms with E-state index < -0.39 is 18.4 Å². The van der Waals surface area contributed by atoms with E-state index in [9.17, 15) is 14.7 Å². The lowest BCUT2D eigenvalue weighted by Gasteiger charge is -2.04. The van der Waals surface area contributed by atoms with E-state index in [4.69, 9.17) is 5.11 Å². The van der Waals surface area contributed by atoms with Crippen LogP contribution in [0.2, 0.25) is 0 Å². The number of hydrogen-bond acceptors (Lipinski definition) is 4. The second-order valence-corrected chi connectivity index (χ2v) is 3.34. The molecule has 2 heterocycles. The van der Waals surface area contributed by atoms with Crippen molar-refractivity contribution in [1.82, 2.24) is 15.3 Å². The highest BCUT2D eigenvalue weighted by atomic mass is 16.4. The van der Waals surface area contributed by atoms with Crippen LogP contribution in [0.4, 0.5) is 0 Å². The number of fused-ring (bicyclic) bond motifs is 1. The van der Waals surface area contributed by atoms with E-state index in [1.165, 1.54) is 6.20 Å². The maximum atomic E-state index is 11.5. The number of carboxylic acid groups (broad SMARTS) is 1. The van der Waals surface area contributed by atoms with E-state index in [1.54, 1.807) is 12.3 Å². The number of rotatable bonds is 3. The van der Waals surface area contributed by atoms with Crippen LogP contribution in [0.25, 0.3) is 10.9 Å². The van der Waals surface area contributed by atoms with Gasteiger partial charge in [0.1, 0.15) is 6.54 Å². The zero-order chi connectivity index (χ0) is 12.4. The minimum absolute atomic E-state index is 0.196. The molecule has 0 saturated carbocycles. The summed E-state index contributed by atoms with van der Waals surface area (Å²) in [6.45, 7) is -0.523. The summed E-state index contributed by atoms with van der Waals surface area (Å²) in [6.07, 6.45) is 3.00. The van der Waals surface area contributed by atoms with Crippen molar-refractivity contribution < 1.29 is 19.8 Å². The van der Waals surface area contributed by atoms with Gasteiger partial charge in [-0.3, -0.25) is 9.59 Å². The Balaban J connectivity index is 2.31. The molecular formula is C10H9N3O4. The molecule has 0 spiro atoms. The summed E-state index contributed by atoms with van der Waals surface area (Å²) >= 11 is 0. The Morgan fingerprint density at radius 3 is 2.94 bits per heavy atom. The molecular weight excluding hydrogens is 226 g/mol. The molecule has 2 rings (SSSR count). The van der Waals surface area contributed by atoms with E-state index in [1.807, 2.05) is 0 Å². The number of nitrogens with one attached hydrogen (secondary N) is 2. The highest BCUT2D eigenvalue weighted by Crippen LogP contribution is 2.25. The van der Waals surface area contributed by atoms with Crippen LogP contribution in [0.15, 0.2) is 18.5 Å². The quantitative estimate of drug-likeness (QED) is 0.601. The zero-order valence-corrected chi connectivity index (χ0v) is 8.60. The fraction of sp³-hybridized carbons (Fsp3) is 0.100. The third-order valence-electron chi connectivity index (χ3n) is 2.20. The molecule has 0 fully saturated rings. The fourth-order valence-corrected chi connectivity index (χ4v) is 1.42. The Bertz CT molecular complexity index is 590. The van der Waals surface area contributed by atoms with E-state index in [-0.39, 0.29) is 11.4 Å². The number of H-pyrrole nitrogens is 1. The average Bonchev–Trinajstić information content (AvgIpc) is 2.75. The number of aliphatic carboxylic acids is 1. The van der Waals surface area contributed by atoms with Crippen molar-refractivity contribution in [1.29, 1.82) is 0 Å². The normalized spacial score (nSPS) is 10.4. The van der Waals surface area contributed by atoms with Gasteiger partial charge in [0.05, 0.1) is 11.7 Å². The molecule has 0 aliphatic heterocycles. The molecule has 4 N–H and O–H groups in total. The van der Waals surface area contributed by atoms with Gasteiger partial charge in [-0.25, -0.2) is 4.98 Å². The van der Waals surface area contributed by atoms with Crippen molar-refractivity contribution >= 4 is 22.8 Å². The molecule has 2 aromatic heterocycles. The molecule has 0 aliphatic carbocycles. The van der Waals surface area contributed by atoms with Crippen molar-refractivity contribution in [2.75, 3.05) is 6.54 Å². The Kier molecular flexibility index (Phi) is 2.65. The molecule has 1 amide bonds. The van der Waals surface area contributed by atoms with Crippen molar-refractivity contribution in [2.24, 2.45) is 0 Å². The standard InChI is InChI=1S/C10H9N3O4/c14-7(15)4-13-10(17)8-9(16)5-1-2-11-6(5)3-12-8/h1-3,11,16H,4H2,(H,13,17)(H,14,15). The molecule has 0 bridgehead atoms. The number of hydrogen-bond donors (Lipinski definition) is 4. The zero-order valence-electron chi connectivity index (χ0n) is 8.60. The van der Waals surface area contributed by atoms with Crippen LogP contribution in [0, 0.1) is 0 Å². The van der Waals surface area contributed by atoms with Gasteiger partial charge in [0.25, 0.3) is 5.91 Å². The summed E-state index contributed by atoms with van der Waals surface area (Å²) in [4.78, 5) is 28.4. The molecule has 0 aromatic carbocycles. The van der Waals surface area contributed by atoms with Crippen molar-refractivity contribution in [2.45, 2.75) is 0 Å². The molecule has 88 valence electrons. The predicted octanol–water partition coefficient (Wildman–Crippen LogP) is 0.0829.